The van der Waals surface area contributed by atoms with Crippen LogP contribution in [0.1, 0.15) is 47.0 Å². The molecule has 0 heterocycles. The summed E-state index contributed by atoms with van der Waals surface area (Å²) < 4.78 is 4.92. The highest BCUT2D eigenvalue weighted by Crippen LogP contribution is 2.32. The van der Waals surface area contributed by atoms with E-state index in [-0.39, 0.29) is 5.97 Å². The van der Waals surface area contributed by atoms with Gasteiger partial charge in [0, 0.05) is 18.6 Å². The van der Waals surface area contributed by atoms with Gasteiger partial charge in [-0.2, -0.15) is 0 Å². The van der Waals surface area contributed by atoms with Crippen LogP contribution in [0.2, 0.25) is 0 Å². The Morgan fingerprint density at radius 1 is 1.42 bits per heavy atom. The van der Waals surface area contributed by atoms with Crippen LogP contribution < -0.4 is 5.32 Å². The van der Waals surface area contributed by atoms with Crippen molar-refractivity contribution in [2.24, 2.45) is 5.92 Å². The molecule has 1 N–H and O–H groups in total. The minimum absolute atomic E-state index is 0.183. The molecule has 0 radical (unpaired) electrons. The van der Waals surface area contributed by atoms with Crippen LogP contribution in [0.4, 0.5) is 0 Å². The van der Waals surface area contributed by atoms with E-state index in [1.165, 1.54) is 20.0 Å². The van der Waals surface area contributed by atoms with Gasteiger partial charge in [0.05, 0.1) is 7.11 Å². The zero-order chi connectivity index (χ0) is 14.6. The highest BCUT2D eigenvalue weighted by Gasteiger charge is 2.37. The number of carbonyl (C=O) groups is 1. The molecule has 2 unspecified atom stereocenters. The van der Waals surface area contributed by atoms with E-state index in [1.807, 2.05) is 14.0 Å². The van der Waals surface area contributed by atoms with E-state index in [2.05, 4.69) is 31.0 Å². The summed E-state index contributed by atoms with van der Waals surface area (Å²) in [6, 6.07) is 0.867. The molecule has 4 heteroatoms. The van der Waals surface area contributed by atoms with Crippen molar-refractivity contribution in [2.75, 3.05) is 20.7 Å². The second-order valence-electron chi connectivity index (χ2n) is 6.36. The van der Waals surface area contributed by atoms with Crippen molar-refractivity contribution in [1.82, 2.24) is 10.2 Å². The summed E-state index contributed by atoms with van der Waals surface area (Å²) in [6.45, 7) is 9.74. The van der Waals surface area contributed by atoms with E-state index in [0.717, 1.165) is 18.9 Å². The maximum absolute atomic E-state index is 11.9. The van der Waals surface area contributed by atoms with Crippen LogP contribution in [0.25, 0.3) is 0 Å². The molecule has 2 atom stereocenters. The molecule has 0 amide bonds. The first-order chi connectivity index (χ1) is 8.84. The highest BCUT2D eigenvalue weighted by atomic mass is 16.5. The second-order valence-corrected chi connectivity index (χ2v) is 6.36. The van der Waals surface area contributed by atoms with Gasteiger partial charge >= 0.3 is 5.97 Å². The fraction of sp³-hybridized carbons (Fsp3) is 0.933. The second kappa shape index (κ2) is 6.71. The molecule has 0 aromatic heterocycles. The van der Waals surface area contributed by atoms with Crippen molar-refractivity contribution in [2.45, 2.75) is 64.6 Å². The van der Waals surface area contributed by atoms with Crippen molar-refractivity contribution in [3.8, 4) is 0 Å². The van der Waals surface area contributed by atoms with Gasteiger partial charge in [0.1, 0.15) is 5.54 Å². The van der Waals surface area contributed by atoms with Gasteiger partial charge in [0.25, 0.3) is 0 Å². The van der Waals surface area contributed by atoms with Gasteiger partial charge in [-0.3, -0.25) is 9.69 Å². The molecule has 0 saturated heterocycles. The normalized spacial score (nSPS) is 20.4. The van der Waals surface area contributed by atoms with Gasteiger partial charge in [0.2, 0.25) is 0 Å². The molecule has 0 spiro atoms. The third kappa shape index (κ3) is 4.46. The van der Waals surface area contributed by atoms with E-state index >= 15 is 0 Å². The molecule has 1 fully saturated rings. The predicted octanol–water partition coefficient (Wildman–Crippen LogP) is 2.04. The average molecular weight is 270 g/mol. The number of carbonyl (C=O) groups excluding carboxylic acids is 1. The highest BCUT2D eigenvalue weighted by molar-refractivity contribution is 5.80. The summed E-state index contributed by atoms with van der Waals surface area (Å²) in [5.41, 5.74) is -0.606. The first-order valence-corrected chi connectivity index (χ1v) is 7.37. The molecule has 1 rings (SSSR count). The lowest BCUT2D eigenvalue weighted by Gasteiger charge is -2.37. The predicted molar refractivity (Wildman–Crippen MR) is 78.1 cm³/mol. The molecule has 4 nitrogen and oxygen atoms in total. The summed E-state index contributed by atoms with van der Waals surface area (Å²) in [7, 11) is 3.28. The number of esters is 1. The van der Waals surface area contributed by atoms with Gasteiger partial charge in [-0.25, -0.2) is 0 Å². The van der Waals surface area contributed by atoms with Crippen molar-refractivity contribution in [1.29, 1.82) is 0 Å². The van der Waals surface area contributed by atoms with Crippen LogP contribution in [0, 0.1) is 5.92 Å². The zero-order valence-electron chi connectivity index (χ0n) is 13.3. The van der Waals surface area contributed by atoms with Crippen LogP contribution in [0.15, 0.2) is 0 Å². The van der Waals surface area contributed by atoms with Gasteiger partial charge < -0.3 is 10.1 Å². The van der Waals surface area contributed by atoms with E-state index in [9.17, 15) is 4.79 Å². The van der Waals surface area contributed by atoms with Crippen LogP contribution >= 0.6 is 0 Å². The molecule has 1 saturated carbocycles. The van der Waals surface area contributed by atoms with Gasteiger partial charge in [-0.15, -0.1) is 0 Å². The first-order valence-electron chi connectivity index (χ1n) is 7.37. The molecule has 0 aliphatic heterocycles. The fourth-order valence-electron chi connectivity index (χ4n) is 2.72. The molecule has 112 valence electrons. The lowest BCUT2D eigenvalue weighted by Crippen LogP contribution is -2.53. The van der Waals surface area contributed by atoms with E-state index in [1.54, 1.807) is 0 Å². The number of rotatable bonds is 8. The monoisotopic (exact) mass is 270 g/mol. The van der Waals surface area contributed by atoms with Gasteiger partial charge in [0.15, 0.2) is 0 Å². The number of methoxy groups -OCH3 is 1. The molecule has 19 heavy (non-hydrogen) atoms. The van der Waals surface area contributed by atoms with E-state index in [4.69, 9.17) is 4.74 Å². The number of hydrogen-bond acceptors (Lipinski definition) is 4. The Kier molecular flexibility index (Phi) is 5.81. The topological polar surface area (TPSA) is 41.6 Å². The molecule has 0 aromatic rings. The van der Waals surface area contributed by atoms with Crippen LogP contribution in [-0.2, 0) is 9.53 Å². The Hall–Kier alpha value is -0.610. The Labute approximate surface area is 117 Å². The number of nitrogens with one attached hydrogen (secondary N) is 1. The maximum atomic E-state index is 11.9. The third-order valence-electron chi connectivity index (χ3n) is 4.29. The fourth-order valence-corrected chi connectivity index (χ4v) is 2.72. The molecule has 1 aliphatic carbocycles. The molecule has 0 bridgehead atoms. The lowest BCUT2D eigenvalue weighted by atomic mass is 9.92. The molecule has 1 aliphatic rings. The van der Waals surface area contributed by atoms with E-state index in [0.29, 0.717) is 12.1 Å². The third-order valence-corrected chi connectivity index (χ3v) is 4.29. The number of likely N-dealkylation sites (N-methyl/N-ethyl adjacent to an activating group) is 1. The number of nitrogens with zero attached hydrogens (tertiary/aromatic N) is 1. The zero-order valence-corrected chi connectivity index (χ0v) is 13.3. The number of ether oxygens (including phenoxy) is 1. The summed E-state index contributed by atoms with van der Waals surface area (Å²) in [4.78, 5) is 14.4. The summed E-state index contributed by atoms with van der Waals surface area (Å²) >= 11 is 0. The van der Waals surface area contributed by atoms with Crippen molar-refractivity contribution in [3.63, 3.8) is 0 Å². The van der Waals surface area contributed by atoms with Crippen LogP contribution in [0.3, 0.4) is 0 Å². The van der Waals surface area contributed by atoms with Gasteiger partial charge in [-0.05, 0) is 59.9 Å². The molecule has 0 aromatic carbocycles. The number of hydrogen-bond donors (Lipinski definition) is 1. The Bertz CT molecular complexity index is 303. The molecular formula is C15H30N2O2. The minimum atomic E-state index is -0.606. The SMILES string of the molecule is CNC(C)(CC(C)N(CC1CC1)C(C)C)C(=O)OC. The Balaban J connectivity index is 2.67. The Morgan fingerprint density at radius 2 is 2.00 bits per heavy atom. The quantitative estimate of drug-likeness (QED) is 0.685. The van der Waals surface area contributed by atoms with Crippen molar-refractivity contribution in [3.05, 3.63) is 0 Å². The van der Waals surface area contributed by atoms with E-state index < -0.39 is 5.54 Å². The van der Waals surface area contributed by atoms with Crippen molar-refractivity contribution >= 4 is 5.97 Å². The van der Waals surface area contributed by atoms with Crippen molar-refractivity contribution < 1.29 is 9.53 Å². The average Bonchev–Trinajstić information content (AvgIpc) is 3.17. The van der Waals surface area contributed by atoms with Gasteiger partial charge in [-0.1, -0.05) is 0 Å². The first kappa shape index (κ1) is 16.4. The van der Waals surface area contributed by atoms with Crippen LogP contribution in [-0.4, -0.2) is 49.2 Å². The largest absolute Gasteiger partial charge is 0.468 e. The Morgan fingerprint density at radius 3 is 2.37 bits per heavy atom. The minimum Gasteiger partial charge on any atom is -0.468 e. The summed E-state index contributed by atoms with van der Waals surface area (Å²) in [5.74, 6) is 0.681. The lowest BCUT2D eigenvalue weighted by molar-refractivity contribution is -0.148. The van der Waals surface area contributed by atoms with Crippen LogP contribution in [0.5, 0.6) is 0 Å². The molecular weight excluding hydrogens is 240 g/mol. The maximum Gasteiger partial charge on any atom is 0.325 e. The standard InChI is InChI=1S/C15H30N2O2/c1-11(2)17(10-13-7-8-13)12(3)9-15(4,16-5)14(18)19-6/h11-13,16H,7-10H2,1-6H3. The summed E-state index contributed by atoms with van der Waals surface area (Å²) in [5, 5.41) is 3.12. The smallest absolute Gasteiger partial charge is 0.325 e. The summed E-state index contributed by atoms with van der Waals surface area (Å²) in [6.07, 6.45) is 3.48.